The van der Waals surface area contributed by atoms with Crippen LogP contribution in [0.2, 0.25) is 0 Å². The van der Waals surface area contributed by atoms with Crippen LogP contribution in [0.4, 0.5) is 11.4 Å². The molecule has 1 fully saturated rings. The first-order valence-corrected chi connectivity index (χ1v) is 8.45. The number of amides is 1. The van der Waals surface area contributed by atoms with Crippen LogP contribution < -0.4 is 15.1 Å². The predicted molar refractivity (Wildman–Crippen MR) is 97.7 cm³/mol. The summed E-state index contributed by atoms with van der Waals surface area (Å²) in [4.78, 5) is 21.0. The normalized spacial score (nSPS) is 14.8. The van der Waals surface area contributed by atoms with Crippen LogP contribution in [0.15, 0.2) is 48.7 Å². The third-order valence-corrected chi connectivity index (χ3v) is 4.16. The van der Waals surface area contributed by atoms with E-state index in [-0.39, 0.29) is 11.9 Å². The molecule has 126 valence electrons. The molecule has 1 aliphatic rings. The fraction of sp³-hybridized carbons (Fsp3) is 0.368. The summed E-state index contributed by atoms with van der Waals surface area (Å²) in [7, 11) is 0. The summed E-state index contributed by atoms with van der Waals surface area (Å²) in [6.07, 6.45) is 1.72. The fourth-order valence-electron chi connectivity index (χ4n) is 2.94. The first kappa shape index (κ1) is 16.3. The Morgan fingerprint density at radius 1 is 1.00 bits per heavy atom. The molecule has 5 heteroatoms. The summed E-state index contributed by atoms with van der Waals surface area (Å²) in [5.41, 5.74) is 2.81. The van der Waals surface area contributed by atoms with E-state index < -0.39 is 0 Å². The van der Waals surface area contributed by atoms with Crippen molar-refractivity contribution >= 4 is 17.3 Å². The standard InChI is InChI=1S/C19H24N4O/c1-15(2)21-19(24)18-14-17(8-9-20-18)23-12-10-22(11-13-23)16-6-4-3-5-7-16/h3-9,14-15H,10-13H2,1-2H3,(H,21,24). The molecular formula is C19H24N4O. The second-order valence-corrected chi connectivity index (χ2v) is 6.34. The fourth-order valence-corrected chi connectivity index (χ4v) is 2.94. The number of nitrogens with one attached hydrogen (secondary N) is 1. The molecule has 1 amide bonds. The van der Waals surface area contributed by atoms with Gasteiger partial charge in [0.2, 0.25) is 0 Å². The van der Waals surface area contributed by atoms with Crippen LogP contribution in [0.25, 0.3) is 0 Å². The molecule has 5 nitrogen and oxygen atoms in total. The zero-order chi connectivity index (χ0) is 16.9. The van der Waals surface area contributed by atoms with Gasteiger partial charge in [-0.15, -0.1) is 0 Å². The minimum Gasteiger partial charge on any atom is -0.368 e. The van der Waals surface area contributed by atoms with Crippen LogP contribution in [0.5, 0.6) is 0 Å². The Balaban J connectivity index is 1.65. The average molecular weight is 324 g/mol. The monoisotopic (exact) mass is 324 g/mol. The van der Waals surface area contributed by atoms with Crippen LogP contribution in [0.3, 0.4) is 0 Å². The van der Waals surface area contributed by atoms with Gasteiger partial charge in [0.15, 0.2) is 0 Å². The quantitative estimate of drug-likeness (QED) is 0.939. The highest BCUT2D eigenvalue weighted by molar-refractivity contribution is 5.93. The number of carbonyl (C=O) groups excluding carboxylic acids is 1. The van der Waals surface area contributed by atoms with Gasteiger partial charge in [0.1, 0.15) is 5.69 Å². The number of benzene rings is 1. The molecule has 1 N–H and O–H groups in total. The molecule has 0 spiro atoms. The van der Waals surface area contributed by atoms with Crippen molar-refractivity contribution in [3.05, 3.63) is 54.4 Å². The number of nitrogens with zero attached hydrogens (tertiary/aromatic N) is 3. The minimum absolute atomic E-state index is 0.109. The Labute approximate surface area is 143 Å². The van der Waals surface area contributed by atoms with Gasteiger partial charge in [-0.3, -0.25) is 9.78 Å². The lowest BCUT2D eigenvalue weighted by Crippen LogP contribution is -2.46. The second kappa shape index (κ2) is 7.34. The maximum absolute atomic E-state index is 12.1. The summed E-state index contributed by atoms with van der Waals surface area (Å²) < 4.78 is 0. The lowest BCUT2D eigenvalue weighted by molar-refractivity contribution is 0.0938. The number of aromatic nitrogens is 1. The molecule has 0 aliphatic carbocycles. The summed E-state index contributed by atoms with van der Waals surface area (Å²) in [6.45, 7) is 7.71. The van der Waals surface area contributed by atoms with Crippen LogP contribution >= 0.6 is 0 Å². The number of para-hydroxylation sites is 1. The van der Waals surface area contributed by atoms with Gasteiger partial charge in [-0.25, -0.2) is 0 Å². The second-order valence-electron chi connectivity index (χ2n) is 6.34. The van der Waals surface area contributed by atoms with Crippen molar-refractivity contribution in [3.63, 3.8) is 0 Å². The van der Waals surface area contributed by atoms with Crippen molar-refractivity contribution in [3.8, 4) is 0 Å². The maximum atomic E-state index is 12.1. The van der Waals surface area contributed by atoms with E-state index >= 15 is 0 Å². The van der Waals surface area contributed by atoms with Gasteiger partial charge in [-0.2, -0.15) is 0 Å². The van der Waals surface area contributed by atoms with E-state index in [0.29, 0.717) is 5.69 Å². The van der Waals surface area contributed by atoms with Crippen LogP contribution in [0.1, 0.15) is 24.3 Å². The number of piperazine rings is 1. The van der Waals surface area contributed by atoms with Crippen molar-refractivity contribution in [1.82, 2.24) is 10.3 Å². The highest BCUT2D eigenvalue weighted by Gasteiger charge is 2.18. The Bertz CT molecular complexity index is 679. The smallest absolute Gasteiger partial charge is 0.270 e. The predicted octanol–water partition coefficient (Wildman–Crippen LogP) is 2.55. The van der Waals surface area contributed by atoms with Crippen LogP contribution in [-0.4, -0.2) is 43.1 Å². The van der Waals surface area contributed by atoms with Crippen molar-refractivity contribution in [2.75, 3.05) is 36.0 Å². The molecule has 2 heterocycles. The van der Waals surface area contributed by atoms with Crippen LogP contribution in [-0.2, 0) is 0 Å². The molecule has 0 radical (unpaired) electrons. The van der Waals surface area contributed by atoms with Crippen LogP contribution in [0, 0.1) is 0 Å². The van der Waals surface area contributed by atoms with Crippen molar-refractivity contribution in [2.45, 2.75) is 19.9 Å². The van der Waals surface area contributed by atoms with E-state index in [1.165, 1.54) is 5.69 Å². The Kier molecular flexibility index (Phi) is 4.99. The summed E-state index contributed by atoms with van der Waals surface area (Å²) >= 11 is 0. The Morgan fingerprint density at radius 2 is 1.62 bits per heavy atom. The van der Waals surface area contributed by atoms with Gasteiger partial charge in [-0.1, -0.05) is 18.2 Å². The number of hydrogen-bond acceptors (Lipinski definition) is 4. The summed E-state index contributed by atoms with van der Waals surface area (Å²) in [6, 6.07) is 14.5. The number of rotatable bonds is 4. The van der Waals surface area contributed by atoms with Gasteiger partial charge in [-0.05, 0) is 38.1 Å². The highest BCUT2D eigenvalue weighted by Crippen LogP contribution is 2.20. The average Bonchev–Trinajstić information content (AvgIpc) is 2.62. The lowest BCUT2D eigenvalue weighted by atomic mass is 10.2. The van der Waals surface area contributed by atoms with E-state index in [1.807, 2.05) is 32.0 Å². The van der Waals surface area contributed by atoms with E-state index in [4.69, 9.17) is 0 Å². The van der Waals surface area contributed by atoms with Gasteiger partial charge in [0.05, 0.1) is 0 Å². The number of pyridine rings is 1. The van der Waals surface area contributed by atoms with E-state index in [9.17, 15) is 4.79 Å². The third-order valence-electron chi connectivity index (χ3n) is 4.16. The maximum Gasteiger partial charge on any atom is 0.270 e. The molecule has 0 atom stereocenters. The molecule has 3 rings (SSSR count). The molecule has 0 bridgehead atoms. The number of carbonyl (C=O) groups is 1. The van der Waals surface area contributed by atoms with Gasteiger partial charge in [0, 0.05) is 49.8 Å². The first-order chi connectivity index (χ1) is 11.6. The number of hydrogen-bond donors (Lipinski definition) is 1. The van der Waals surface area contributed by atoms with Crippen molar-refractivity contribution in [1.29, 1.82) is 0 Å². The Morgan fingerprint density at radius 3 is 2.25 bits per heavy atom. The molecule has 2 aromatic rings. The Hall–Kier alpha value is -2.56. The zero-order valence-electron chi connectivity index (χ0n) is 14.3. The zero-order valence-corrected chi connectivity index (χ0v) is 14.3. The summed E-state index contributed by atoms with van der Waals surface area (Å²) in [5, 5.41) is 2.89. The SMILES string of the molecule is CC(C)NC(=O)c1cc(N2CCN(c3ccccc3)CC2)ccn1. The molecular weight excluding hydrogens is 300 g/mol. The topological polar surface area (TPSA) is 48.5 Å². The van der Waals surface area contributed by atoms with Crippen molar-refractivity contribution < 1.29 is 4.79 Å². The molecule has 24 heavy (non-hydrogen) atoms. The van der Waals surface area contributed by atoms with E-state index in [1.54, 1.807) is 6.20 Å². The molecule has 1 aromatic carbocycles. The first-order valence-electron chi connectivity index (χ1n) is 8.45. The van der Waals surface area contributed by atoms with E-state index in [0.717, 1.165) is 31.9 Å². The van der Waals surface area contributed by atoms with Gasteiger partial charge >= 0.3 is 0 Å². The molecule has 1 aromatic heterocycles. The minimum atomic E-state index is -0.116. The van der Waals surface area contributed by atoms with Gasteiger partial charge in [0.25, 0.3) is 5.91 Å². The molecule has 0 saturated carbocycles. The molecule has 1 aliphatic heterocycles. The lowest BCUT2D eigenvalue weighted by Gasteiger charge is -2.37. The molecule has 0 unspecified atom stereocenters. The van der Waals surface area contributed by atoms with Crippen molar-refractivity contribution in [2.24, 2.45) is 0 Å². The largest absolute Gasteiger partial charge is 0.368 e. The number of anilines is 2. The van der Waals surface area contributed by atoms with E-state index in [2.05, 4.69) is 44.4 Å². The summed E-state index contributed by atoms with van der Waals surface area (Å²) in [5.74, 6) is -0.116. The molecule has 1 saturated heterocycles. The highest BCUT2D eigenvalue weighted by atomic mass is 16.1. The third kappa shape index (κ3) is 3.85. The van der Waals surface area contributed by atoms with Gasteiger partial charge < -0.3 is 15.1 Å².